The fraction of sp³-hybridized carbons (Fsp3) is 0.261. The third kappa shape index (κ3) is 4.74. The molecule has 1 N–H and O–H groups in total. The SMILES string of the molecule is O=C(c1cnc(NC(c2cccc(Cl)c2)c2ccccn2)c(Cl)c1)N1CCCCC1. The molecule has 1 aliphatic rings. The third-order valence-corrected chi connectivity index (χ3v) is 5.70. The summed E-state index contributed by atoms with van der Waals surface area (Å²) in [7, 11) is 0. The summed E-state index contributed by atoms with van der Waals surface area (Å²) in [6.45, 7) is 1.57. The van der Waals surface area contributed by atoms with Gasteiger partial charge in [0, 0.05) is 30.5 Å². The Bertz CT molecular complexity index is 1020. The van der Waals surface area contributed by atoms with E-state index in [1.54, 1.807) is 18.5 Å². The third-order valence-electron chi connectivity index (χ3n) is 5.18. The van der Waals surface area contributed by atoms with Gasteiger partial charge in [0.1, 0.15) is 5.82 Å². The van der Waals surface area contributed by atoms with E-state index in [0.29, 0.717) is 21.4 Å². The predicted molar refractivity (Wildman–Crippen MR) is 120 cm³/mol. The maximum absolute atomic E-state index is 12.7. The van der Waals surface area contributed by atoms with Gasteiger partial charge in [-0.15, -0.1) is 0 Å². The Balaban J connectivity index is 1.61. The van der Waals surface area contributed by atoms with Crippen molar-refractivity contribution in [1.29, 1.82) is 0 Å². The number of nitrogens with one attached hydrogen (secondary N) is 1. The topological polar surface area (TPSA) is 58.1 Å². The average molecular weight is 441 g/mol. The number of nitrogens with zero attached hydrogens (tertiary/aromatic N) is 3. The van der Waals surface area contributed by atoms with Gasteiger partial charge in [-0.3, -0.25) is 9.78 Å². The number of hydrogen-bond acceptors (Lipinski definition) is 4. The molecule has 154 valence electrons. The van der Waals surface area contributed by atoms with E-state index in [0.717, 1.165) is 37.2 Å². The summed E-state index contributed by atoms with van der Waals surface area (Å²) in [5.74, 6) is 0.467. The number of hydrogen-bond donors (Lipinski definition) is 1. The Hall–Kier alpha value is -2.63. The standard InChI is InChI=1S/C23H22Cl2N4O/c24-18-8-6-7-16(13-18)21(20-9-2-3-10-26-20)28-22-19(25)14-17(15-27-22)23(30)29-11-4-1-5-12-29/h2-3,6-10,13-15,21H,1,4-5,11-12H2,(H,27,28). The number of anilines is 1. The second-order valence-corrected chi connectivity index (χ2v) is 8.14. The molecule has 5 nitrogen and oxygen atoms in total. The number of pyridine rings is 2. The van der Waals surface area contributed by atoms with Gasteiger partial charge in [0.05, 0.1) is 22.3 Å². The summed E-state index contributed by atoms with van der Waals surface area (Å²) in [5.41, 5.74) is 2.25. The van der Waals surface area contributed by atoms with Crippen molar-refractivity contribution in [1.82, 2.24) is 14.9 Å². The lowest BCUT2D eigenvalue weighted by Gasteiger charge is -2.27. The monoisotopic (exact) mass is 440 g/mol. The molecule has 30 heavy (non-hydrogen) atoms. The van der Waals surface area contributed by atoms with Crippen LogP contribution in [0.5, 0.6) is 0 Å². The quantitative estimate of drug-likeness (QED) is 0.559. The van der Waals surface area contributed by atoms with Gasteiger partial charge < -0.3 is 10.2 Å². The molecule has 0 radical (unpaired) electrons. The summed E-state index contributed by atoms with van der Waals surface area (Å²) < 4.78 is 0. The van der Waals surface area contributed by atoms with Crippen molar-refractivity contribution in [2.75, 3.05) is 18.4 Å². The number of rotatable bonds is 5. The number of aromatic nitrogens is 2. The number of amides is 1. The maximum atomic E-state index is 12.7. The Morgan fingerprint density at radius 3 is 2.53 bits per heavy atom. The zero-order valence-electron chi connectivity index (χ0n) is 16.4. The highest BCUT2D eigenvalue weighted by Crippen LogP contribution is 2.30. The maximum Gasteiger partial charge on any atom is 0.255 e. The average Bonchev–Trinajstić information content (AvgIpc) is 2.79. The zero-order valence-corrected chi connectivity index (χ0v) is 17.9. The van der Waals surface area contributed by atoms with E-state index in [2.05, 4.69) is 15.3 Å². The van der Waals surface area contributed by atoms with Crippen LogP contribution in [0.25, 0.3) is 0 Å². The Labute approximate surface area is 186 Å². The van der Waals surface area contributed by atoms with Crippen molar-refractivity contribution in [3.63, 3.8) is 0 Å². The fourth-order valence-electron chi connectivity index (χ4n) is 3.64. The summed E-state index contributed by atoms with van der Waals surface area (Å²) in [4.78, 5) is 23.6. The first-order chi connectivity index (χ1) is 14.6. The second-order valence-electron chi connectivity index (χ2n) is 7.29. The lowest BCUT2D eigenvalue weighted by Crippen LogP contribution is -2.35. The fourth-order valence-corrected chi connectivity index (χ4v) is 4.06. The van der Waals surface area contributed by atoms with E-state index < -0.39 is 0 Å². The van der Waals surface area contributed by atoms with Crippen LogP contribution in [0, 0.1) is 0 Å². The minimum absolute atomic E-state index is 0.0215. The Kier molecular flexibility index (Phi) is 6.50. The van der Waals surface area contributed by atoms with Gasteiger partial charge in [-0.1, -0.05) is 41.4 Å². The van der Waals surface area contributed by atoms with Gasteiger partial charge in [-0.2, -0.15) is 0 Å². The molecule has 1 fully saturated rings. The van der Waals surface area contributed by atoms with Crippen LogP contribution in [0.1, 0.15) is 46.9 Å². The summed E-state index contributed by atoms with van der Waals surface area (Å²) in [6, 6.07) is 14.7. The molecule has 1 saturated heterocycles. The number of carbonyl (C=O) groups excluding carboxylic acids is 1. The van der Waals surface area contributed by atoms with Crippen molar-refractivity contribution in [3.8, 4) is 0 Å². The molecule has 0 saturated carbocycles. The number of piperidine rings is 1. The van der Waals surface area contributed by atoms with Crippen LogP contribution in [-0.2, 0) is 0 Å². The van der Waals surface area contributed by atoms with Crippen LogP contribution in [0.3, 0.4) is 0 Å². The van der Waals surface area contributed by atoms with E-state index in [9.17, 15) is 4.79 Å². The van der Waals surface area contributed by atoms with E-state index in [4.69, 9.17) is 23.2 Å². The van der Waals surface area contributed by atoms with Crippen LogP contribution in [0.2, 0.25) is 10.0 Å². The van der Waals surface area contributed by atoms with E-state index in [-0.39, 0.29) is 11.9 Å². The summed E-state index contributed by atoms with van der Waals surface area (Å²) >= 11 is 12.7. The van der Waals surface area contributed by atoms with E-state index >= 15 is 0 Å². The lowest BCUT2D eigenvalue weighted by molar-refractivity contribution is 0.0724. The molecule has 1 amide bonds. The first kappa shape index (κ1) is 20.6. The van der Waals surface area contributed by atoms with Crippen molar-refractivity contribution >= 4 is 34.9 Å². The van der Waals surface area contributed by atoms with Gasteiger partial charge in [-0.25, -0.2) is 4.98 Å². The number of benzene rings is 1. The molecule has 1 atom stereocenters. The lowest BCUT2D eigenvalue weighted by atomic mass is 10.0. The van der Waals surface area contributed by atoms with Crippen LogP contribution in [-0.4, -0.2) is 33.9 Å². The molecule has 2 aromatic heterocycles. The van der Waals surface area contributed by atoms with E-state index in [1.807, 2.05) is 47.4 Å². The molecule has 0 bridgehead atoms. The molecule has 0 aliphatic carbocycles. The number of halogens is 2. The van der Waals surface area contributed by atoms with Crippen LogP contribution in [0.15, 0.2) is 60.9 Å². The molecule has 1 aliphatic heterocycles. The molecule has 7 heteroatoms. The molecule has 1 aromatic carbocycles. The minimum Gasteiger partial charge on any atom is -0.356 e. The smallest absolute Gasteiger partial charge is 0.255 e. The minimum atomic E-state index is -0.293. The van der Waals surface area contributed by atoms with Gasteiger partial charge in [0.2, 0.25) is 0 Å². The number of likely N-dealkylation sites (tertiary alicyclic amines) is 1. The van der Waals surface area contributed by atoms with Gasteiger partial charge in [0.15, 0.2) is 0 Å². The van der Waals surface area contributed by atoms with Crippen molar-refractivity contribution in [2.24, 2.45) is 0 Å². The highest BCUT2D eigenvalue weighted by Gasteiger charge is 2.21. The second kappa shape index (κ2) is 9.45. The molecule has 4 rings (SSSR count). The van der Waals surface area contributed by atoms with E-state index in [1.165, 1.54) is 6.42 Å². The summed E-state index contributed by atoms with van der Waals surface area (Å²) in [6.07, 6.45) is 6.57. The largest absolute Gasteiger partial charge is 0.356 e. The number of carbonyl (C=O) groups is 1. The van der Waals surface area contributed by atoms with Crippen LogP contribution >= 0.6 is 23.2 Å². The molecule has 0 spiro atoms. The van der Waals surface area contributed by atoms with Gasteiger partial charge in [-0.05, 0) is 55.2 Å². The molecule has 1 unspecified atom stereocenters. The Morgan fingerprint density at radius 2 is 1.83 bits per heavy atom. The molecular weight excluding hydrogens is 419 g/mol. The van der Waals surface area contributed by atoms with Gasteiger partial charge in [0.25, 0.3) is 5.91 Å². The zero-order chi connectivity index (χ0) is 20.9. The summed E-state index contributed by atoms with van der Waals surface area (Å²) in [5, 5.41) is 4.39. The first-order valence-electron chi connectivity index (χ1n) is 9.99. The van der Waals surface area contributed by atoms with Gasteiger partial charge >= 0.3 is 0 Å². The Morgan fingerprint density at radius 1 is 1.00 bits per heavy atom. The predicted octanol–water partition coefficient (Wildman–Crippen LogP) is 5.61. The highest BCUT2D eigenvalue weighted by molar-refractivity contribution is 6.33. The van der Waals surface area contributed by atoms with Crippen LogP contribution < -0.4 is 5.32 Å². The molecule has 3 heterocycles. The highest BCUT2D eigenvalue weighted by atomic mass is 35.5. The van der Waals surface area contributed by atoms with Crippen molar-refractivity contribution in [2.45, 2.75) is 25.3 Å². The molecule has 3 aromatic rings. The van der Waals surface area contributed by atoms with Crippen molar-refractivity contribution < 1.29 is 4.79 Å². The first-order valence-corrected chi connectivity index (χ1v) is 10.7. The molecular formula is C23H22Cl2N4O. The van der Waals surface area contributed by atoms with Crippen LogP contribution in [0.4, 0.5) is 5.82 Å². The van der Waals surface area contributed by atoms with Crippen molar-refractivity contribution in [3.05, 3.63) is 87.8 Å². The normalized spacial score (nSPS) is 14.9.